The summed E-state index contributed by atoms with van der Waals surface area (Å²) in [5.41, 5.74) is 8.17. The molecule has 0 saturated heterocycles. The summed E-state index contributed by atoms with van der Waals surface area (Å²) in [5.74, 6) is 0.0310. The summed E-state index contributed by atoms with van der Waals surface area (Å²) in [5, 5.41) is 9.94. The number of anilines is 1. The lowest BCUT2D eigenvalue weighted by Crippen LogP contribution is -2.30. The molecule has 1 unspecified atom stereocenters. The quantitative estimate of drug-likeness (QED) is 0.914. The molecule has 3 N–H and O–H groups in total. The van der Waals surface area contributed by atoms with E-state index in [1.807, 2.05) is 24.3 Å². The monoisotopic (exact) mass is 316 g/mol. The Morgan fingerprint density at radius 2 is 2.09 bits per heavy atom. The van der Waals surface area contributed by atoms with Crippen LogP contribution in [0.5, 0.6) is 5.75 Å². The molecular formula is C17H17ClN2O2. The number of nitrogens with two attached hydrogens (primary N) is 1. The van der Waals surface area contributed by atoms with E-state index >= 15 is 0 Å². The predicted octanol–water partition coefficient (Wildman–Crippen LogP) is 3.14. The molecule has 0 bridgehead atoms. The second kappa shape index (κ2) is 5.99. The zero-order valence-corrected chi connectivity index (χ0v) is 12.8. The maximum atomic E-state index is 12.8. The summed E-state index contributed by atoms with van der Waals surface area (Å²) in [6.07, 6.45) is 0.840. The second-order valence-corrected chi connectivity index (χ2v) is 5.82. The molecule has 3 rings (SSSR count). The lowest BCUT2D eigenvalue weighted by molar-refractivity contribution is 0.0987. The molecule has 1 aliphatic rings. The van der Waals surface area contributed by atoms with Crippen LogP contribution in [0.1, 0.15) is 28.3 Å². The molecule has 0 radical (unpaired) electrons. The van der Waals surface area contributed by atoms with Gasteiger partial charge in [-0.05, 0) is 42.8 Å². The topological polar surface area (TPSA) is 66.6 Å². The number of rotatable bonds is 3. The Labute approximate surface area is 134 Å². The predicted molar refractivity (Wildman–Crippen MR) is 87.6 cm³/mol. The van der Waals surface area contributed by atoms with Gasteiger partial charge in [0.15, 0.2) is 0 Å². The summed E-state index contributed by atoms with van der Waals surface area (Å²) in [6, 6.07) is 12.5. The molecule has 5 heteroatoms. The standard InChI is InChI=1S/C17H17ClN2O2/c18-14-6-5-11(9-16(14)21)17(22)20-10-12(7-8-19)13-3-1-2-4-15(13)20/h1-6,9,12,21H,7-8,10,19H2. The third-order valence-electron chi connectivity index (χ3n) is 4.02. The Kier molecular flexibility index (Phi) is 4.05. The molecule has 2 aromatic rings. The van der Waals surface area contributed by atoms with Gasteiger partial charge in [0, 0.05) is 23.7 Å². The molecule has 0 fully saturated rings. The number of nitrogens with zero attached hydrogens (tertiary/aromatic N) is 1. The molecule has 22 heavy (non-hydrogen) atoms. The number of carbonyl (C=O) groups is 1. The van der Waals surface area contributed by atoms with Crippen LogP contribution in [0.15, 0.2) is 42.5 Å². The van der Waals surface area contributed by atoms with Gasteiger partial charge in [0.25, 0.3) is 5.91 Å². The Balaban J connectivity index is 1.95. The van der Waals surface area contributed by atoms with Crippen molar-refractivity contribution in [1.82, 2.24) is 0 Å². The van der Waals surface area contributed by atoms with Crippen molar-refractivity contribution in [2.24, 2.45) is 5.73 Å². The van der Waals surface area contributed by atoms with Crippen molar-refractivity contribution < 1.29 is 9.90 Å². The Hall–Kier alpha value is -2.04. The van der Waals surface area contributed by atoms with Crippen LogP contribution < -0.4 is 10.6 Å². The van der Waals surface area contributed by atoms with Crippen LogP contribution in [-0.4, -0.2) is 24.1 Å². The van der Waals surface area contributed by atoms with Crippen LogP contribution in [0.2, 0.25) is 5.02 Å². The number of aromatic hydroxyl groups is 1. The summed E-state index contributed by atoms with van der Waals surface area (Å²) in [6.45, 7) is 1.20. The normalized spacial score (nSPS) is 16.6. The molecule has 1 aliphatic heterocycles. The molecule has 0 saturated carbocycles. The van der Waals surface area contributed by atoms with Crippen LogP contribution in [0.4, 0.5) is 5.69 Å². The smallest absolute Gasteiger partial charge is 0.258 e. The van der Waals surface area contributed by atoms with E-state index in [0.717, 1.165) is 17.7 Å². The number of phenols is 1. The van der Waals surface area contributed by atoms with Crippen molar-refractivity contribution in [3.8, 4) is 5.75 Å². The van der Waals surface area contributed by atoms with Crippen LogP contribution >= 0.6 is 11.6 Å². The molecule has 1 amide bonds. The van der Waals surface area contributed by atoms with Gasteiger partial charge in [-0.3, -0.25) is 4.79 Å². The zero-order chi connectivity index (χ0) is 15.7. The van der Waals surface area contributed by atoms with Gasteiger partial charge >= 0.3 is 0 Å². The summed E-state index contributed by atoms with van der Waals surface area (Å²) < 4.78 is 0. The Morgan fingerprint density at radius 1 is 1.32 bits per heavy atom. The zero-order valence-electron chi connectivity index (χ0n) is 12.0. The Morgan fingerprint density at radius 3 is 2.82 bits per heavy atom. The molecule has 0 spiro atoms. The van der Waals surface area contributed by atoms with Gasteiger partial charge in [-0.15, -0.1) is 0 Å². The molecule has 1 atom stereocenters. The minimum absolute atomic E-state index is 0.0847. The summed E-state index contributed by atoms with van der Waals surface area (Å²) in [4.78, 5) is 14.5. The number of amides is 1. The molecule has 4 nitrogen and oxygen atoms in total. The first-order valence-electron chi connectivity index (χ1n) is 7.21. The fourth-order valence-electron chi connectivity index (χ4n) is 2.94. The Bertz CT molecular complexity index is 718. The third kappa shape index (κ3) is 2.56. The molecule has 0 aromatic heterocycles. The first kappa shape index (κ1) is 14.9. The highest BCUT2D eigenvalue weighted by Gasteiger charge is 2.32. The highest BCUT2D eigenvalue weighted by molar-refractivity contribution is 6.32. The van der Waals surface area contributed by atoms with Crippen molar-refractivity contribution in [2.45, 2.75) is 12.3 Å². The molecule has 2 aromatic carbocycles. The fraction of sp³-hybridized carbons (Fsp3) is 0.235. The number of para-hydroxylation sites is 1. The summed E-state index contributed by atoms with van der Waals surface area (Å²) >= 11 is 5.80. The van der Waals surface area contributed by atoms with E-state index in [2.05, 4.69) is 0 Å². The molecule has 1 heterocycles. The SMILES string of the molecule is NCCC1CN(C(=O)c2ccc(Cl)c(O)c2)c2ccccc21. The van der Waals surface area contributed by atoms with Crippen molar-refractivity contribution in [1.29, 1.82) is 0 Å². The number of hydrogen-bond donors (Lipinski definition) is 2. The van der Waals surface area contributed by atoms with Crippen LogP contribution in [-0.2, 0) is 0 Å². The first-order chi connectivity index (χ1) is 10.6. The van der Waals surface area contributed by atoms with Gasteiger partial charge in [-0.25, -0.2) is 0 Å². The number of fused-ring (bicyclic) bond motifs is 1. The van der Waals surface area contributed by atoms with E-state index in [1.165, 1.54) is 12.1 Å². The van der Waals surface area contributed by atoms with E-state index in [1.54, 1.807) is 11.0 Å². The fourth-order valence-corrected chi connectivity index (χ4v) is 3.06. The molecular weight excluding hydrogens is 300 g/mol. The number of benzene rings is 2. The maximum Gasteiger partial charge on any atom is 0.258 e. The average molecular weight is 317 g/mol. The highest BCUT2D eigenvalue weighted by atomic mass is 35.5. The van der Waals surface area contributed by atoms with E-state index in [4.69, 9.17) is 17.3 Å². The van der Waals surface area contributed by atoms with Crippen molar-refractivity contribution in [2.75, 3.05) is 18.0 Å². The number of hydrogen-bond acceptors (Lipinski definition) is 3. The highest BCUT2D eigenvalue weighted by Crippen LogP contribution is 2.38. The van der Waals surface area contributed by atoms with Crippen molar-refractivity contribution >= 4 is 23.2 Å². The van der Waals surface area contributed by atoms with Gasteiger partial charge in [-0.1, -0.05) is 29.8 Å². The maximum absolute atomic E-state index is 12.8. The van der Waals surface area contributed by atoms with Crippen LogP contribution in [0, 0.1) is 0 Å². The third-order valence-corrected chi connectivity index (χ3v) is 4.34. The van der Waals surface area contributed by atoms with E-state index in [-0.39, 0.29) is 22.6 Å². The van der Waals surface area contributed by atoms with Gasteiger partial charge in [-0.2, -0.15) is 0 Å². The van der Waals surface area contributed by atoms with Crippen molar-refractivity contribution in [3.63, 3.8) is 0 Å². The second-order valence-electron chi connectivity index (χ2n) is 5.42. The number of phenolic OH excluding ortho intramolecular Hbond substituents is 1. The van der Waals surface area contributed by atoms with E-state index < -0.39 is 0 Å². The minimum atomic E-state index is -0.140. The number of halogens is 1. The number of carbonyl (C=O) groups excluding carboxylic acids is 1. The van der Waals surface area contributed by atoms with Gasteiger partial charge < -0.3 is 15.7 Å². The van der Waals surface area contributed by atoms with Crippen LogP contribution in [0.25, 0.3) is 0 Å². The average Bonchev–Trinajstić information content (AvgIpc) is 2.89. The van der Waals surface area contributed by atoms with Crippen LogP contribution in [0.3, 0.4) is 0 Å². The van der Waals surface area contributed by atoms with E-state index in [0.29, 0.717) is 18.7 Å². The lowest BCUT2D eigenvalue weighted by atomic mass is 9.98. The largest absolute Gasteiger partial charge is 0.506 e. The summed E-state index contributed by atoms with van der Waals surface area (Å²) in [7, 11) is 0. The van der Waals surface area contributed by atoms with Gasteiger partial charge in [0.2, 0.25) is 0 Å². The molecule has 114 valence electrons. The lowest BCUT2D eigenvalue weighted by Gasteiger charge is -2.18. The van der Waals surface area contributed by atoms with Gasteiger partial charge in [0.1, 0.15) is 5.75 Å². The first-order valence-corrected chi connectivity index (χ1v) is 7.59. The molecule has 0 aliphatic carbocycles. The minimum Gasteiger partial charge on any atom is -0.506 e. The van der Waals surface area contributed by atoms with Crippen molar-refractivity contribution in [3.05, 3.63) is 58.6 Å². The van der Waals surface area contributed by atoms with Gasteiger partial charge in [0.05, 0.1) is 5.02 Å². The van der Waals surface area contributed by atoms with E-state index in [9.17, 15) is 9.90 Å².